The first kappa shape index (κ1) is 13.5. The second kappa shape index (κ2) is 4.70. The number of carboxylic acid groups (broad SMARTS) is 1. The molecule has 3 nitrogen and oxygen atoms in total. The van der Waals surface area contributed by atoms with E-state index in [2.05, 4.69) is 0 Å². The molecule has 0 saturated heterocycles. The van der Waals surface area contributed by atoms with Gasteiger partial charge in [-0.1, -0.05) is 0 Å². The summed E-state index contributed by atoms with van der Waals surface area (Å²) in [5.74, 6) is -1.02. The van der Waals surface area contributed by atoms with E-state index < -0.39 is 11.4 Å². The summed E-state index contributed by atoms with van der Waals surface area (Å²) in [6.07, 6.45) is 0.0995. The number of Topliss-reactive ketones (excluding diaryl/α,β-unsaturated/α-hetero) is 1. The first-order valence-electron chi connectivity index (χ1n) is 3.09. The molecule has 11 heavy (non-hydrogen) atoms. The number of carbonyl (C=O) groups excluding carboxylic acids is 1. The van der Waals surface area contributed by atoms with Crippen molar-refractivity contribution in [3.05, 3.63) is 0 Å². The molecule has 0 amide bonds. The van der Waals surface area contributed by atoms with Gasteiger partial charge in [0.05, 0.1) is 5.41 Å². The quantitative estimate of drug-likeness (QED) is 0.782. The minimum Gasteiger partial charge on any atom is -0.481 e. The Morgan fingerprint density at radius 1 is 1.36 bits per heavy atom. The largest absolute Gasteiger partial charge is 0.481 e. The molecule has 4 heteroatoms. The molecule has 0 aliphatic heterocycles. The molecular formula is C7H12AuO3. The Bertz CT molecular complexity index is 163. The van der Waals surface area contributed by atoms with E-state index >= 15 is 0 Å². The van der Waals surface area contributed by atoms with Crippen LogP contribution in [-0.4, -0.2) is 16.9 Å². The van der Waals surface area contributed by atoms with Crippen molar-refractivity contribution in [2.75, 3.05) is 0 Å². The maximum Gasteiger partial charge on any atom is 0.309 e. The van der Waals surface area contributed by atoms with Crippen molar-refractivity contribution in [1.29, 1.82) is 0 Å². The molecule has 0 aromatic heterocycles. The monoisotopic (exact) mass is 341 g/mol. The second-order valence-electron chi connectivity index (χ2n) is 3.07. The summed E-state index contributed by atoms with van der Waals surface area (Å²) in [7, 11) is 0. The Morgan fingerprint density at radius 2 is 1.73 bits per heavy atom. The van der Waals surface area contributed by atoms with Crippen LogP contribution in [-0.2, 0) is 32.0 Å². The average molecular weight is 341 g/mol. The molecule has 0 fully saturated rings. The van der Waals surface area contributed by atoms with Crippen LogP contribution in [0.1, 0.15) is 27.2 Å². The van der Waals surface area contributed by atoms with E-state index in [0.717, 1.165) is 0 Å². The van der Waals surface area contributed by atoms with E-state index in [1.165, 1.54) is 20.8 Å². The van der Waals surface area contributed by atoms with E-state index in [4.69, 9.17) is 5.11 Å². The fourth-order valence-corrected chi connectivity index (χ4v) is 0.698. The van der Waals surface area contributed by atoms with Gasteiger partial charge in [0.25, 0.3) is 0 Å². The van der Waals surface area contributed by atoms with Gasteiger partial charge in [-0.25, -0.2) is 0 Å². The summed E-state index contributed by atoms with van der Waals surface area (Å²) in [5, 5.41) is 8.54. The van der Waals surface area contributed by atoms with Crippen molar-refractivity contribution < 1.29 is 37.1 Å². The average Bonchev–Trinajstić information content (AvgIpc) is 1.60. The molecule has 0 rings (SSSR count). The summed E-state index contributed by atoms with van der Waals surface area (Å²) >= 11 is 0. The summed E-state index contributed by atoms with van der Waals surface area (Å²) in [4.78, 5) is 20.9. The first-order valence-corrected chi connectivity index (χ1v) is 3.09. The predicted molar refractivity (Wildman–Crippen MR) is 36.7 cm³/mol. The molecule has 0 unspecified atom stereocenters. The van der Waals surface area contributed by atoms with Crippen molar-refractivity contribution in [2.24, 2.45) is 5.41 Å². The zero-order valence-corrected chi connectivity index (χ0v) is 8.94. The van der Waals surface area contributed by atoms with Gasteiger partial charge in [-0.3, -0.25) is 9.59 Å². The first-order chi connectivity index (χ1) is 4.36. The fourth-order valence-electron chi connectivity index (χ4n) is 0.698. The van der Waals surface area contributed by atoms with Crippen LogP contribution in [0.25, 0.3) is 0 Å². The van der Waals surface area contributed by atoms with Gasteiger partial charge in [-0.05, 0) is 20.8 Å². The number of ketones is 1. The van der Waals surface area contributed by atoms with Crippen LogP contribution in [0.15, 0.2) is 0 Å². The molecule has 0 aliphatic rings. The van der Waals surface area contributed by atoms with Gasteiger partial charge >= 0.3 is 5.97 Å². The third-order valence-electron chi connectivity index (χ3n) is 1.27. The van der Waals surface area contributed by atoms with Gasteiger partial charge in [-0.2, -0.15) is 0 Å². The Balaban J connectivity index is 0. The molecule has 69 valence electrons. The minimum atomic E-state index is -0.928. The number of aliphatic carboxylic acids is 1. The van der Waals surface area contributed by atoms with Crippen molar-refractivity contribution in [2.45, 2.75) is 27.2 Å². The molecule has 0 bridgehead atoms. The van der Waals surface area contributed by atoms with Gasteiger partial charge in [0.2, 0.25) is 0 Å². The van der Waals surface area contributed by atoms with Gasteiger partial charge in [-0.15, -0.1) is 0 Å². The summed E-state index contributed by atoms with van der Waals surface area (Å²) < 4.78 is 0. The van der Waals surface area contributed by atoms with Gasteiger partial charge in [0.1, 0.15) is 5.78 Å². The third-order valence-corrected chi connectivity index (χ3v) is 1.27. The molecule has 0 heterocycles. The third kappa shape index (κ3) is 5.18. The number of rotatable bonds is 3. The van der Waals surface area contributed by atoms with Gasteiger partial charge < -0.3 is 5.11 Å². The Hall–Kier alpha value is -0.120. The second-order valence-corrected chi connectivity index (χ2v) is 3.07. The molecule has 1 radical (unpaired) electrons. The summed E-state index contributed by atoms with van der Waals surface area (Å²) in [6, 6.07) is 0. The zero-order chi connectivity index (χ0) is 8.36. The summed E-state index contributed by atoms with van der Waals surface area (Å²) in [5.41, 5.74) is -0.911. The number of carbonyl (C=O) groups is 2. The zero-order valence-electron chi connectivity index (χ0n) is 6.77. The molecule has 0 saturated carbocycles. The number of hydrogen-bond acceptors (Lipinski definition) is 2. The van der Waals surface area contributed by atoms with Crippen LogP contribution < -0.4 is 0 Å². The SMILES string of the molecule is CC(=O)CC(C)(C)C(=O)O.[Au]. The van der Waals surface area contributed by atoms with Crippen molar-refractivity contribution in [1.82, 2.24) is 0 Å². The maximum atomic E-state index is 10.5. The molecule has 0 atom stereocenters. The van der Waals surface area contributed by atoms with E-state index in [9.17, 15) is 9.59 Å². The van der Waals surface area contributed by atoms with Gasteiger partial charge in [0.15, 0.2) is 0 Å². The standard InChI is InChI=1S/C7H12O3.Au/c1-5(8)4-7(2,3)6(9)10;/h4H2,1-3H3,(H,9,10);. The van der Waals surface area contributed by atoms with Crippen molar-refractivity contribution in [3.8, 4) is 0 Å². The predicted octanol–water partition coefficient (Wildman–Crippen LogP) is 1.07. The Kier molecular flexibility index (Phi) is 5.75. The Morgan fingerprint density at radius 3 is 1.82 bits per heavy atom. The van der Waals surface area contributed by atoms with Crippen LogP contribution >= 0.6 is 0 Å². The molecule has 0 aliphatic carbocycles. The van der Waals surface area contributed by atoms with Crippen LogP contribution in [0.2, 0.25) is 0 Å². The molecule has 0 spiro atoms. The van der Waals surface area contributed by atoms with E-state index in [0.29, 0.717) is 0 Å². The molecule has 0 aromatic rings. The number of hydrogen-bond donors (Lipinski definition) is 1. The van der Waals surface area contributed by atoms with E-state index in [1.807, 2.05) is 0 Å². The van der Waals surface area contributed by atoms with E-state index in [1.54, 1.807) is 0 Å². The minimum absolute atomic E-state index is 0. The van der Waals surface area contributed by atoms with Crippen LogP contribution in [0.3, 0.4) is 0 Å². The molecule has 0 aromatic carbocycles. The smallest absolute Gasteiger partial charge is 0.309 e. The molecule has 1 N–H and O–H groups in total. The number of carboxylic acids is 1. The maximum absolute atomic E-state index is 10.5. The fraction of sp³-hybridized carbons (Fsp3) is 0.714. The van der Waals surface area contributed by atoms with Crippen molar-refractivity contribution in [3.63, 3.8) is 0 Å². The van der Waals surface area contributed by atoms with Crippen LogP contribution in [0.4, 0.5) is 0 Å². The Labute approximate surface area is 81.7 Å². The van der Waals surface area contributed by atoms with Gasteiger partial charge in [0, 0.05) is 28.8 Å². The topological polar surface area (TPSA) is 54.4 Å². The van der Waals surface area contributed by atoms with E-state index in [-0.39, 0.29) is 34.6 Å². The van der Waals surface area contributed by atoms with Crippen LogP contribution in [0.5, 0.6) is 0 Å². The summed E-state index contributed by atoms with van der Waals surface area (Å²) in [6.45, 7) is 4.47. The molecular weight excluding hydrogens is 329 g/mol. The van der Waals surface area contributed by atoms with Crippen LogP contribution in [0, 0.1) is 5.41 Å². The normalized spacial score (nSPS) is 10.1. The van der Waals surface area contributed by atoms with Crippen molar-refractivity contribution >= 4 is 11.8 Å².